The molecule has 0 aliphatic rings. The zero-order chi connectivity index (χ0) is 21.2. The van der Waals surface area contributed by atoms with Crippen LogP contribution < -0.4 is 0 Å². The zero-order valence-corrected chi connectivity index (χ0v) is 17.4. The van der Waals surface area contributed by atoms with Crippen LogP contribution in [0.5, 0.6) is 0 Å². The van der Waals surface area contributed by atoms with Crippen LogP contribution >= 0.6 is 11.3 Å². The van der Waals surface area contributed by atoms with Crippen LogP contribution in [0.15, 0.2) is 84.9 Å². The molecule has 0 N–H and O–H groups in total. The molecule has 0 saturated carbocycles. The summed E-state index contributed by atoms with van der Waals surface area (Å²) < 4.78 is 28.6. The molecule has 0 aliphatic carbocycles. The van der Waals surface area contributed by atoms with Crippen molar-refractivity contribution in [1.29, 1.82) is 0 Å². The van der Waals surface area contributed by atoms with Crippen molar-refractivity contribution in [1.82, 2.24) is 0 Å². The summed E-state index contributed by atoms with van der Waals surface area (Å²) in [6, 6.07) is 25.9. The normalized spacial score (nSPS) is 11.9. The Morgan fingerprint density at radius 1 is 0.452 bits per heavy atom. The van der Waals surface area contributed by atoms with Crippen molar-refractivity contribution in [3.8, 4) is 0 Å². The highest BCUT2D eigenvalue weighted by atomic mass is 32.1. The molecule has 0 amide bonds. The van der Waals surface area contributed by atoms with Crippen molar-refractivity contribution in [2.24, 2.45) is 0 Å². The minimum Gasteiger partial charge on any atom is -0.207 e. The summed E-state index contributed by atoms with van der Waals surface area (Å²) in [5.41, 5.74) is 4.16. The standard InChI is InChI=1S/C28H18F2S/c29-23-11-5-19(6-12-23)1-3-21-9-15-25-26-16-10-22(18-28(26)31-27(25)17-21)4-2-20-7-13-24(30)14-8-20/h1-18H/b3-1+,4-2+. The maximum Gasteiger partial charge on any atom is 0.123 e. The predicted octanol–water partition coefficient (Wildman–Crippen LogP) is 8.67. The first kappa shape index (κ1) is 19.4. The third-order valence-corrected chi connectivity index (χ3v) is 6.31. The van der Waals surface area contributed by atoms with Gasteiger partial charge in [-0.3, -0.25) is 0 Å². The lowest BCUT2D eigenvalue weighted by Crippen LogP contribution is -1.76. The lowest BCUT2D eigenvalue weighted by Gasteiger charge is -1.97. The van der Waals surface area contributed by atoms with Crippen LogP contribution in [0, 0.1) is 11.6 Å². The number of hydrogen-bond acceptors (Lipinski definition) is 1. The third-order valence-electron chi connectivity index (χ3n) is 5.20. The van der Waals surface area contributed by atoms with Crippen molar-refractivity contribution in [3.05, 3.63) is 119 Å². The SMILES string of the molecule is Fc1ccc(/C=C/c2ccc3c(c2)sc2cc(/C=C/c4ccc(F)cc4)ccc23)cc1. The van der Waals surface area contributed by atoms with Crippen molar-refractivity contribution < 1.29 is 8.78 Å². The van der Waals surface area contributed by atoms with Crippen molar-refractivity contribution >= 4 is 55.8 Å². The number of rotatable bonds is 4. The monoisotopic (exact) mass is 424 g/mol. The van der Waals surface area contributed by atoms with E-state index >= 15 is 0 Å². The average molecular weight is 425 g/mol. The smallest absolute Gasteiger partial charge is 0.123 e. The van der Waals surface area contributed by atoms with Crippen LogP contribution in [0.3, 0.4) is 0 Å². The van der Waals surface area contributed by atoms with Crippen molar-refractivity contribution in [3.63, 3.8) is 0 Å². The number of benzene rings is 4. The maximum atomic E-state index is 13.1. The molecular weight excluding hydrogens is 406 g/mol. The van der Waals surface area contributed by atoms with Gasteiger partial charge in [0, 0.05) is 20.2 Å². The van der Waals surface area contributed by atoms with Crippen LogP contribution in [-0.2, 0) is 0 Å². The lowest BCUT2D eigenvalue weighted by molar-refractivity contribution is 0.627. The number of hydrogen-bond donors (Lipinski definition) is 0. The highest BCUT2D eigenvalue weighted by Gasteiger charge is 2.06. The van der Waals surface area contributed by atoms with Crippen LogP contribution in [-0.4, -0.2) is 0 Å². The molecule has 4 aromatic carbocycles. The molecule has 150 valence electrons. The van der Waals surface area contributed by atoms with Gasteiger partial charge in [0.2, 0.25) is 0 Å². The lowest BCUT2D eigenvalue weighted by atomic mass is 10.1. The van der Waals surface area contributed by atoms with Gasteiger partial charge in [0.05, 0.1) is 0 Å². The Morgan fingerprint density at radius 3 is 1.23 bits per heavy atom. The number of fused-ring (bicyclic) bond motifs is 3. The van der Waals surface area contributed by atoms with E-state index < -0.39 is 0 Å². The molecule has 0 unspecified atom stereocenters. The molecule has 5 rings (SSSR count). The van der Waals surface area contributed by atoms with Gasteiger partial charge in [0.25, 0.3) is 0 Å². The van der Waals surface area contributed by atoms with E-state index in [0.717, 1.165) is 22.3 Å². The summed E-state index contributed by atoms with van der Waals surface area (Å²) in [6.07, 6.45) is 8.08. The Morgan fingerprint density at radius 2 is 0.806 bits per heavy atom. The van der Waals surface area contributed by atoms with Crippen LogP contribution in [0.1, 0.15) is 22.3 Å². The van der Waals surface area contributed by atoms with E-state index in [-0.39, 0.29) is 11.6 Å². The minimum atomic E-state index is -0.226. The maximum absolute atomic E-state index is 13.1. The second-order valence-corrected chi connectivity index (χ2v) is 8.47. The highest BCUT2D eigenvalue weighted by molar-refractivity contribution is 7.25. The molecular formula is C28H18F2S. The molecule has 3 heteroatoms. The molecule has 0 bridgehead atoms. The molecule has 1 heterocycles. The summed E-state index contributed by atoms with van der Waals surface area (Å²) in [7, 11) is 0. The van der Waals surface area contributed by atoms with E-state index in [1.165, 1.54) is 44.4 Å². The zero-order valence-electron chi connectivity index (χ0n) is 16.6. The van der Waals surface area contributed by atoms with E-state index in [9.17, 15) is 8.78 Å². The average Bonchev–Trinajstić information content (AvgIpc) is 3.15. The van der Waals surface area contributed by atoms with Gasteiger partial charge in [-0.05, 0) is 58.7 Å². The summed E-state index contributed by atoms with van der Waals surface area (Å²) in [6.45, 7) is 0. The molecule has 1 aromatic heterocycles. The van der Waals surface area contributed by atoms with Gasteiger partial charge in [0.1, 0.15) is 11.6 Å². The second kappa shape index (κ2) is 8.29. The Balaban J connectivity index is 1.43. The minimum absolute atomic E-state index is 0.226. The van der Waals surface area contributed by atoms with E-state index in [0.29, 0.717) is 0 Å². The van der Waals surface area contributed by atoms with Gasteiger partial charge in [0.15, 0.2) is 0 Å². The fourth-order valence-corrected chi connectivity index (χ4v) is 4.75. The van der Waals surface area contributed by atoms with Gasteiger partial charge < -0.3 is 0 Å². The molecule has 0 radical (unpaired) electrons. The molecule has 0 fully saturated rings. The van der Waals surface area contributed by atoms with Crippen LogP contribution in [0.25, 0.3) is 44.5 Å². The first-order valence-electron chi connectivity index (χ1n) is 9.98. The van der Waals surface area contributed by atoms with E-state index in [1.54, 1.807) is 35.6 Å². The Labute approximate surface area is 183 Å². The topological polar surface area (TPSA) is 0 Å². The molecule has 0 nitrogen and oxygen atoms in total. The molecule has 0 spiro atoms. The summed E-state index contributed by atoms with van der Waals surface area (Å²) in [5.74, 6) is -0.452. The summed E-state index contributed by atoms with van der Waals surface area (Å²) >= 11 is 1.77. The third kappa shape index (κ3) is 4.32. The van der Waals surface area contributed by atoms with Gasteiger partial charge in [-0.1, -0.05) is 72.8 Å². The summed E-state index contributed by atoms with van der Waals surface area (Å²) in [5, 5.41) is 2.49. The first-order valence-corrected chi connectivity index (χ1v) is 10.8. The second-order valence-electron chi connectivity index (χ2n) is 7.38. The van der Waals surface area contributed by atoms with Crippen molar-refractivity contribution in [2.75, 3.05) is 0 Å². The van der Waals surface area contributed by atoms with Gasteiger partial charge >= 0.3 is 0 Å². The Bertz CT molecular complexity index is 1310. The van der Waals surface area contributed by atoms with Crippen LogP contribution in [0.4, 0.5) is 8.78 Å². The summed E-state index contributed by atoms with van der Waals surface area (Å²) in [4.78, 5) is 0. The van der Waals surface area contributed by atoms with Crippen molar-refractivity contribution in [2.45, 2.75) is 0 Å². The highest BCUT2D eigenvalue weighted by Crippen LogP contribution is 2.35. The Kier molecular flexibility index (Phi) is 5.19. The quantitative estimate of drug-likeness (QED) is 0.253. The number of thiophene rings is 1. The van der Waals surface area contributed by atoms with E-state index in [2.05, 4.69) is 36.4 Å². The molecule has 0 aliphatic heterocycles. The molecule has 0 atom stereocenters. The van der Waals surface area contributed by atoms with Gasteiger partial charge in [-0.25, -0.2) is 8.78 Å². The van der Waals surface area contributed by atoms with E-state index in [1.807, 2.05) is 24.3 Å². The predicted molar refractivity (Wildman–Crippen MR) is 130 cm³/mol. The van der Waals surface area contributed by atoms with E-state index in [4.69, 9.17) is 0 Å². The Hall–Kier alpha value is -3.56. The molecule has 31 heavy (non-hydrogen) atoms. The molecule has 5 aromatic rings. The number of halogens is 2. The largest absolute Gasteiger partial charge is 0.207 e. The van der Waals surface area contributed by atoms with Gasteiger partial charge in [-0.15, -0.1) is 11.3 Å². The fraction of sp³-hybridized carbons (Fsp3) is 0. The molecule has 0 saturated heterocycles. The van der Waals surface area contributed by atoms with Gasteiger partial charge in [-0.2, -0.15) is 0 Å². The van der Waals surface area contributed by atoms with Crippen LogP contribution in [0.2, 0.25) is 0 Å². The first-order chi connectivity index (χ1) is 15.1. The fourth-order valence-electron chi connectivity index (χ4n) is 3.55.